The molecule has 116 valence electrons. The van der Waals surface area contributed by atoms with Crippen molar-refractivity contribution in [2.45, 2.75) is 13.8 Å². The molecule has 0 saturated heterocycles. The fraction of sp³-hybridized carbons (Fsp3) is 0.111. The van der Waals surface area contributed by atoms with Gasteiger partial charge in [0, 0.05) is 5.56 Å². The van der Waals surface area contributed by atoms with Crippen molar-refractivity contribution in [2.75, 3.05) is 11.5 Å². The number of anilines is 2. The summed E-state index contributed by atoms with van der Waals surface area (Å²) in [6.07, 6.45) is 0. The van der Waals surface area contributed by atoms with Gasteiger partial charge < -0.3 is 11.5 Å². The number of ketones is 1. The molecule has 0 aliphatic carbocycles. The Hall–Kier alpha value is -3.08. The minimum atomic E-state index is -0.236. The van der Waals surface area contributed by atoms with Crippen molar-refractivity contribution < 1.29 is 4.79 Å². The molecule has 5 heteroatoms. The highest BCUT2D eigenvalue weighted by Gasteiger charge is 2.21. The van der Waals surface area contributed by atoms with Gasteiger partial charge in [-0.1, -0.05) is 47.5 Å². The van der Waals surface area contributed by atoms with E-state index in [4.69, 9.17) is 11.5 Å². The molecule has 4 N–H and O–H groups in total. The van der Waals surface area contributed by atoms with Crippen molar-refractivity contribution >= 4 is 17.3 Å². The molecule has 0 bridgehead atoms. The van der Waals surface area contributed by atoms with E-state index in [9.17, 15) is 4.79 Å². The topological polar surface area (TPSA) is 86.9 Å². The van der Waals surface area contributed by atoms with Crippen molar-refractivity contribution in [2.24, 2.45) is 0 Å². The van der Waals surface area contributed by atoms with Crippen molar-refractivity contribution in [3.8, 4) is 5.69 Å². The lowest BCUT2D eigenvalue weighted by atomic mass is 10.1. The summed E-state index contributed by atoms with van der Waals surface area (Å²) in [4.78, 5) is 12.6. The van der Waals surface area contributed by atoms with E-state index in [0.717, 1.165) is 16.8 Å². The highest BCUT2D eigenvalue weighted by molar-refractivity contribution is 6.11. The van der Waals surface area contributed by atoms with Crippen LogP contribution in [-0.2, 0) is 0 Å². The first kappa shape index (κ1) is 14.8. The summed E-state index contributed by atoms with van der Waals surface area (Å²) in [7, 11) is 0. The number of carbonyl (C=O) groups excluding carboxylic acids is 1. The van der Waals surface area contributed by atoms with Gasteiger partial charge in [-0.2, -0.15) is 5.10 Å². The second-order valence-corrected chi connectivity index (χ2v) is 5.59. The number of nitrogen functional groups attached to an aromatic ring is 2. The lowest BCUT2D eigenvalue weighted by Crippen LogP contribution is -2.06. The Bertz CT molecular complexity index is 861. The van der Waals surface area contributed by atoms with Crippen molar-refractivity contribution in [3.05, 3.63) is 70.9 Å². The summed E-state index contributed by atoms with van der Waals surface area (Å²) < 4.78 is 1.50. The molecule has 3 rings (SSSR count). The van der Waals surface area contributed by atoms with Crippen molar-refractivity contribution in [1.82, 2.24) is 9.78 Å². The summed E-state index contributed by atoms with van der Waals surface area (Å²) in [5, 5.41) is 4.33. The lowest BCUT2D eigenvalue weighted by Gasteiger charge is -2.03. The van der Waals surface area contributed by atoms with Gasteiger partial charge in [-0.25, -0.2) is 4.68 Å². The van der Waals surface area contributed by atoms with Gasteiger partial charge in [-0.05, 0) is 26.0 Å². The van der Waals surface area contributed by atoms with E-state index in [1.54, 1.807) is 12.1 Å². The van der Waals surface area contributed by atoms with Crippen LogP contribution in [0.25, 0.3) is 5.69 Å². The average molecular weight is 306 g/mol. The number of nitrogens with zero attached hydrogens (tertiary/aromatic N) is 2. The molecule has 0 atom stereocenters. The van der Waals surface area contributed by atoms with Gasteiger partial charge >= 0.3 is 0 Å². The zero-order valence-electron chi connectivity index (χ0n) is 13.1. The van der Waals surface area contributed by atoms with Crippen LogP contribution in [-0.4, -0.2) is 15.6 Å². The zero-order valence-corrected chi connectivity index (χ0v) is 13.1. The number of hydrogen-bond donors (Lipinski definition) is 2. The fourth-order valence-electron chi connectivity index (χ4n) is 2.34. The van der Waals surface area contributed by atoms with Crippen LogP contribution in [0.15, 0.2) is 48.5 Å². The first-order chi connectivity index (χ1) is 11.0. The highest BCUT2D eigenvalue weighted by atomic mass is 16.1. The number of aromatic nitrogens is 2. The predicted molar refractivity (Wildman–Crippen MR) is 91.7 cm³/mol. The van der Waals surface area contributed by atoms with Crippen LogP contribution in [0.4, 0.5) is 11.5 Å². The highest BCUT2D eigenvalue weighted by Crippen LogP contribution is 2.25. The van der Waals surface area contributed by atoms with Gasteiger partial charge in [0.15, 0.2) is 11.5 Å². The maximum atomic E-state index is 12.6. The third kappa shape index (κ3) is 2.68. The Labute approximate surface area is 134 Å². The minimum Gasteiger partial charge on any atom is -0.394 e. The quantitative estimate of drug-likeness (QED) is 0.728. The minimum absolute atomic E-state index is 0.173. The number of carbonyl (C=O) groups is 1. The summed E-state index contributed by atoms with van der Waals surface area (Å²) >= 11 is 0. The number of rotatable bonds is 3. The molecule has 2 aromatic carbocycles. The Morgan fingerprint density at radius 1 is 0.913 bits per heavy atom. The second-order valence-electron chi connectivity index (χ2n) is 5.59. The summed E-state index contributed by atoms with van der Waals surface area (Å²) in [5.41, 5.74) is 15.9. The molecule has 23 heavy (non-hydrogen) atoms. The van der Waals surface area contributed by atoms with Crippen LogP contribution in [0.3, 0.4) is 0 Å². The maximum Gasteiger partial charge on any atom is 0.215 e. The Balaban J connectivity index is 2.04. The molecule has 0 fully saturated rings. The van der Waals surface area contributed by atoms with Gasteiger partial charge in [0.05, 0.1) is 5.69 Å². The third-order valence-corrected chi connectivity index (χ3v) is 3.77. The van der Waals surface area contributed by atoms with E-state index in [-0.39, 0.29) is 23.0 Å². The lowest BCUT2D eigenvalue weighted by molar-refractivity contribution is 0.103. The predicted octanol–water partition coefficient (Wildman–Crippen LogP) is 2.88. The molecular weight excluding hydrogens is 288 g/mol. The Morgan fingerprint density at radius 3 is 2.00 bits per heavy atom. The van der Waals surface area contributed by atoms with Gasteiger partial charge in [0.2, 0.25) is 5.78 Å². The van der Waals surface area contributed by atoms with Crippen molar-refractivity contribution in [3.63, 3.8) is 0 Å². The van der Waals surface area contributed by atoms with Gasteiger partial charge in [0.25, 0.3) is 0 Å². The molecule has 0 aliphatic rings. The van der Waals surface area contributed by atoms with E-state index in [2.05, 4.69) is 5.10 Å². The van der Waals surface area contributed by atoms with Crippen LogP contribution in [0, 0.1) is 13.8 Å². The Morgan fingerprint density at radius 2 is 1.43 bits per heavy atom. The monoisotopic (exact) mass is 306 g/mol. The molecule has 3 aromatic rings. The van der Waals surface area contributed by atoms with Crippen LogP contribution in [0.1, 0.15) is 27.2 Å². The molecule has 0 amide bonds. The summed E-state index contributed by atoms with van der Waals surface area (Å²) in [6.45, 7) is 3.96. The van der Waals surface area contributed by atoms with E-state index in [0.29, 0.717) is 5.56 Å². The molecule has 0 radical (unpaired) electrons. The van der Waals surface area contributed by atoms with Crippen LogP contribution >= 0.6 is 0 Å². The zero-order chi connectivity index (χ0) is 16.6. The van der Waals surface area contributed by atoms with Crippen molar-refractivity contribution in [1.29, 1.82) is 0 Å². The summed E-state index contributed by atoms with van der Waals surface area (Å²) in [5.74, 6) is 0.0318. The second kappa shape index (κ2) is 5.61. The first-order valence-corrected chi connectivity index (χ1v) is 7.30. The fourth-order valence-corrected chi connectivity index (χ4v) is 2.34. The molecule has 1 aromatic heterocycles. The Kier molecular flexibility index (Phi) is 3.62. The normalized spacial score (nSPS) is 10.7. The first-order valence-electron chi connectivity index (χ1n) is 7.30. The van der Waals surface area contributed by atoms with E-state index < -0.39 is 0 Å². The van der Waals surface area contributed by atoms with Crippen LogP contribution in [0.2, 0.25) is 0 Å². The van der Waals surface area contributed by atoms with E-state index in [1.807, 2.05) is 50.2 Å². The maximum absolute atomic E-state index is 12.6. The van der Waals surface area contributed by atoms with Gasteiger partial charge in [-0.15, -0.1) is 0 Å². The number of benzene rings is 2. The van der Waals surface area contributed by atoms with E-state index in [1.165, 1.54) is 4.68 Å². The number of hydrogen-bond acceptors (Lipinski definition) is 4. The molecule has 1 heterocycles. The molecule has 0 saturated carbocycles. The number of aryl methyl sites for hydroxylation is 2. The molecule has 0 spiro atoms. The third-order valence-electron chi connectivity index (χ3n) is 3.77. The smallest absolute Gasteiger partial charge is 0.215 e. The standard InChI is InChI=1S/C18H18N4O/c1-11-3-7-13(8-4-11)17(23)16-15(19)18(20)22(21-16)14-9-5-12(2)6-10-14/h3-10H,19-20H2,1-2H3. The van der Waals surface area contributed by atoms with Crippen LogP contribution < -0.4 is 11.5 Å². The number of nitrogens with two attached hydrogens (primary N) is 2. The molecule has 0 unspecified atom stereocenters. The molecule has 0 aliphatic heterocycles. The van der Waals surface area contributed by atoms with Crippen LogP contribution in [0.5, 0.6) is 0 Å². The van der Waals surface area contributed by atoms with E-state index >= 15 is 0 Å². The average Bonchev–Trinajstić information content (AvgIpc) is 2.84. The summed E-state index contributed by atoms with van der Waals surface area (Å²) in [6, 6.07) is 15.0. The SMILES string of the molecule is Cc1ccc(C(=O)c2nn(-c3ccc(C)cc3)c(N)c2N)cc1. The largest absolute Gasteiger partial charge is 0.394 e. The molecule has 5 nitrogen and oxygen atoms in total. The molecular formula is C18H18N4O. The van der Waals surface area contributed by atoms with Gasteiger partial charge in [0.1, 0.15) is 5.69 Å². The van der Waals surface area contributed by atoms with Gasteiger partial charge in [-0.3, -0.25) is 4.79 Å².